The summed E-state index contributed by atoms with van der Waals surface area (Å²) in [5, 5.41) is 9.45. The molecular weight excluding hydrogens is 233 g/mol. The van der Waals surface area contributed by atoms with E-state index >= 15 is 0 Å². The van der Waals surface area contributed by atoms with Gasteiger partial charge in [-0.25, -0.2) is 4.39 Å². The lowest BCUT2D eigenvalue weighted by Gasteiger charge is -2.33. The number of carbonyl (C=O) groups is 1. The number of hydrogen-bond acceptors (Lipinski definition) is 2. The Kier molecular flexibility index (Phi) is 3.97. The quantitative estimate of drug-likeness (QED) is 0.875. The first kappa shape index (κ1) is 13.0. The zero-order valence-electron chi connectivity index (χ0n) is 10.5. The van der Waals surface area contributed by atoms with Gasteiger partial charge >= 0.3 is 0 Å². The van der Waals surface area contributed by atoms with Gasteiger partial charge in [-0.1, -0.05) is 6.07 Å². The van der Waals surface area contributed by atoms with Crippen LogP contribution in [0.25, 0.3) is 0 Å². The summed E-state index contributed by atoms with van der Waals surface area (Å²) in [6.07, 6.45) is 2.83. The first-order valence-corrected chi connectivity index (χ1v) is 6.28. The molecule has 1 aromatic rings. The Labute approximate surface area is 106 Å². The van der Waals surface area contributed by atoms with Crippen molar-refractivity contribution in [2.75, 3.05) is 7.05 Å². The molecule has 0 heterocycles. The molecule has 2 rings (SSSR count). The Morgan fingerprint density at radius 3 is 2.61 bits per heavy atom. The molecule has 0 aromatic heterocycles. The van der Waals surface area contributed by atoms with Crippen LogP contribution < -0.4 is 0 Å². The van der Waals surface area contributed by atoms with E-state index in [2.05, 4.69) is 0 Å². The number of nitrogens with zero attached hydrogens (tertiary/aromatic N) is 1. The van der Waals surface area contributed by atoms with Crippen LogP contribution in [0.2, 0.25) is 0 Å². The van der Waals surface area contributed by atoms with Crippen molar-refractivity contribution in [3.8, 4) is 0 Å². The lowest BCUT2D eigenvalue weighted by molar-refractivity contribution is 0.0569. The number of amides is 1. The molecule has 1 aliphatic carbocycles. The van der Waals surface area contributed by atoms with Crippen LogP contribution in [0.5, 0.6) is 0 Å². The molecule has 0 unspecified atom stereocenters. The molecule has 3 nitrogen and oxygen atoms in total. The zero-order valence-corrected chi connectivity index (χ0v) is 10.5. The fraction of sp³-hybridized carbons (Fsp3) is 0.500. The highest BCUT2D eigenvalue weighted by atomic mass is 19.1. The number of halogens is 1. The van der Waals surface area contributed by atoms with Gasteiger partial charge in [0.25, 0.3) is 5.91 Å². The molecule has 4 heteroatoms. The largest absolute Gasteiger partial charge is 0.393 e. The van der Waals surface area contributed by atoms with Gasteiger partial charge in [0.1, 0.15) is 5.82 Å². The summed E-state index contributed by atoms with van der Waals surface area (Å²) in [6, 6.07) is 5.90. The van der Waals surface area contributed by atoms with Crippen LogP contribution in [0.3, 0.4) is 0 Å². The van der Waals surface area contributed by atoms with E-state index in [1.165, 1.54) is 12.1 Å². The van der Waals surface area contributed by atoms with E-state index < -0.39 is 5.82 Å². The first-order valence-electron chi connectivity index (χ1n) is 6.28. The Balaban J connectivity index is 2.04. The van der Waals surface area contributed by atoms with Gasteiger partial charge in [-0.15, -0.1) is 0 Å². The van der Waals surface area contributed by atoms with Crippen LogP contribution >= 0.6 is 0 Å². The fourth-order valence-electron chi connectivity index (χ4n) is 2.44. The zero-order chi connectivity index (χ0) is 13.1. The number of rotatable bonds is 2. The van der Waals surface area contributed by atoms with Crippen LogP contribution in [-0.4, -0.2) is 35.1 Å². The molecule has 18 heavy (non-hydrogen) atoms. The molecular formula is C14H18FNO2. The smallest absolute Gasteiger partial charge is 0.253 e. The summed E-state index contributed by atoms with van der Waals surface area (Å²) < 4.78 is 13.1. The van der Waals surface area contributed by atoms with E-state index in [1.807, 2.05) is 0 Å². The van der Waals surface area contributed by atoms with E-state index in [9.17, 15) is 14.3 Å². The molecule has 0 radical (unpaired) electrons. The average molecular weight is 251 g/mol. The second kappa shape index (κ2) is 5.48. The van der Waals surface area contributed by atoms with Crippen LogP contribution in [-0.2, 0) is 0 Å². The van der Waals surface area contributed by atoms with Crippen molar-refractivity contribution in [1.82, 2.24) is 4.90 Å². The topological polar surface area (TPSA) is 40.5 Å². The molecule has 0 spiro atoms. The number of carbonyl (C=O) groups excluding carboxylic acids is 1. The van der Waals surface area contributed by atoms with Crippen molar-refractivity contribution in [3.05, 3.63) is 35.6 Å². The van der Waals surface area contributed by atoms with Gasteiger partial charge in [0, 0.05) is 18.7 Å². The van der Waals surface area contributed by atoms with Gasteiger partial charge in [0.15, 0.2) is 0 Å². The third-order valence-electron chi connectivity index (χ3n) is 3.61. The maximum Gasteiger partial charge on any atom is 0.253 e. The highest BCUT2D eigenvalue weighted by Crippen LogP contribution is 2.23. The average Bonchev–Trinajstić information content (AvgIpc) is 2.38. The van der Waals surface area contributed by atoms with Crippen molar-refractivity contribution in [2.45, 2.75) is 37.8 Å². The highest BCUT2D eigenvalue weighted by Gasteiger charge is 2.26. The van der Waals surface area contributed by atoms with Crippen LogP contribution in [0.15, 0.2) is 24.3 Å². The minimum Gasteiger partial charge on any atom is -0.393 e. The first-order chi connectivity index (χ1) is 8.58. The lowest BCUT2D eigenvalue weighted by atomic mass is 9.92. The third-order valence-corrected chi connectivity index (χ3v) is 3.61. The molecule has 0 aliphatic heterocycles. The van der Waals surface area contributed by atoms with Gasteiger partial charge in [0.2, 0.25) is 0 Å². The highest BCUT2D eigenvalue weighted by molar-refractivity contribution is 5.94. The molecule has 1 aromatic carbocycles. The van der Waals surface area contributed by atoms with Crippen LogP contribution in [0, 0.1) is 5.82 Å². The summed E-state index contributed by atoms with van der Waals surface area (Å²) in [5.74, 6) is -0.552. The number of aliphatic hydroxyl groups excluding tert-OH is 1. The van der Waals surface area contributed by atoms with E-state index in [1.54, 1.807) is 24.1 Å². The van der Waals surface area contributed by atoms with Crippen LogP contribution in [0.4, 0.5) is 4.39 Å². The van der Waals surface area contributed by atoms with Crippen molar-refractivity contribution in [3.63, 3.8) is 0 Å². The standard InChI is InChI=1S/C14H18FNO2/c1-16(12-5-7-13(17)8-6-12)14(18)10-3-2-4-11(15)9-10/h2-4,9,12-13,17H,5-8H2,1H3. The van der Waals surface area contributed by atoms with E-state index in [4.69, 9.17) is 0 Å². The molecule has 0 saturated heterocycles. The van der Waals surface area contributed by atoms with Crippen molar-refractivity contribution >= 4 is 5.91 Å². The predicted molar refractivity (Wildman–Crippen MR) is 66.8 cm³/mol. The second-order valence-electron chi connectivity index (χ2n) is 4.89. The van der Waals surface area contributed by atoms with Crippen molar-refractivity contribution in [1.29, 1.82) is 0 Å². The minimum absolute atomic E-state index is 0.143. The lowest BCUT2D eigenvalue weighted by Crippen LogP contribution is -2.40. The number of hydrogen-bond donors (Lipinski definition) is 1. The monoisotopic (exact) mass is 251 g/mol. The maximum atomic E-state index is 13.1. The Bertz CT molecular complexity index is 428. The van der Waals surface area contributed by atoms with Crippen LogP contribution in [0.1, 0.15) is 36.0 Å². The second-order valence-corrected chi connectivity index (χ2v) is 4.89. The third kappa shape index (κ3) is 2.88. The van der Waals surface area contributed by atoms with Crippen molar-refractivity contribution < 1.29 is 14.3 Å². The Morgan fingerprint density at radius 1 is 1.33 bits per heavy atom. The van der Waals surface area contributed by atoms with Gasteiger partial charge in [0.05, 0.1) is 6.10 Å². The molecule has 1 fully saturated rings. The summed E-state index contributed by atoms with van der Waals surface area (Å²) in [7, 11) is 1.75. The molecule has 1 N–H and O–H groups in total. The Hall–Kier alpha value is -1.42. The molecule has 0 bridgehead atoms. The molecule has 1 amide bonds. The Morgan fingerprint density at radius 2 is 2.00 bits per heavy atom. The van der Waals surface area contributed by atoms with E-state index in [0.717, 1.165) is 25.7 Å². The molecule has 98 valence electrons. The van der Waals surface area contributed by atoms with Gasteiger partial charge < -0.3 is 10.0 Å². The van der Waals surface area contributed by atoms with E-state index in [-0.39, 0.29) is 18.1 Å². The number of benzene rings is 1. The predicted octanol–water partition coefficient (Wildman–Crippen LogP) is 2.20. The van der Waals surface area contributed by atoms with Gasteiger partial charge in [-0.2, -0.15) is 0 Å². The summed E-state index contributed by atoms with van der Waals surface area (Å²) in [5.41, 5.74) is 0.378. The molecule has 0 atom stereocenters. The van der Waals surface area contributed by atoms with Gasteiger partial charge in [-0.3, -0.25) is 4.79 Å². The van der Waals surface area contributed by atoms with Gasteiger partial charge in [-0.05, 0) is 43.9 Å². The van der Waals surface area contributed by atoms with Crippen molar-refractivity contribution in [2.24, 2.45) is 0 Å². The molecule has 1 aliphatic rings. The summed E-state index contributed by atoms with van der Waals surface area (Å²) in [6.45, 7) is 0. The normalized spacial score (nSPS) is 23.7. The number of aliphatic hydroxyl groups is 1. The molecule has 1 saturated carbocycles. The fourth-order valence-corrected chi connectivity index (χ4v) is 2.44. The summed E-state index contributed by atoms with van der Waals surface area (Å²) in [4.78, 5) is 13.8. The maximum absolute atomic E-state index is 13.1. The minimum atomic E-state index is -0.395. The summed E-state index contributed by atoms with van der Waals surface area (Å²) >= 11 is 0. The van der Waals surface area contributed by atoms with E-state index in [0.29, 0.717) is 5.56 Å². The SMILES string of the molecule is CN(C(=O)c1cccc(F)c1)C1CCC(O)CC1.